The molecule has 1 aromatic heterocycles. The number of hydrogen-bond acceptors (Lipinski definition) is 4. The van der Waals surface area contributed by atoms with Crippen LogP contribution in [-0.2, 0) is 11.2 Å². The predicted molar refractivity (Wildman–Crippen MR) is 95.2 cm³/mol. The molecule has 3 amide bonds. The van der Waals surface area contributed by atoms with Gasteiger partial charge in [-0.1, -0.05) is 30.3 Å². The summed E-state index contributed by atoms with van der Waals surface area (Å²) in [6.07, 6.45) is 2.80. The molecule has 2 aromatic rings. The number of hydrazone groups is 1. The number of nitrogens with one attached hydrogen (secondary N) is 1. The number of amides is 3. The molecule has 1 aliphatic heterocycles. The van der Waals surface area contributed by atoms with Crippen LogP contribution in [0.3, 0.4) is 0 Å². The Morgan fingerprint density at radius 3 is 2.62 bits per heavy atom. The fourth-order valence-corrected chi connectivity index (χ4v) is 3.36. The van der Waals surface area contributed by atoms with Gasteiger partial charge in [-0.25, -0.2) is 4.79 Å². The van der Waals surface area contributed by atoms with Crippen molar-refractivity contribution in [2.75, 3.05) is 0 Å². The van der Waals surface area contributed by atoms with Gasteiger partial charge in [-0.15, -0.1) is 16.3 Å². The Labute approximate surface area is 145 Å². The van der Waals surface area contributed by atoms with E-state index in [2.05, 4.69) is 10.4 Å². The van der Waals surface area contributed by atoms with Crippen molar-refractivity contribution in [3.63, 3.8) is 0 Å². The van der Waals surface area contributed by atoms with Gasteiger partial charge in [-0.3, -0.25) is 4.79 Å². The number of benzene rings is 1. The van der Waals surface area contributed by atoms with Gasteiger partial charge < -0.3 is 5.32 Å². The van der Waals surface area contributed by atoms with Gasteiger partial charge in [0.05, 0.1) is 6.21 Å². The fourth-order valence-electron chi connectivity index (χ4n) is 2.62. The Morgan fingerprint density at radius 1 is 1.21 bits per heavy atom. The van der Waals surface area contributed by atoms with Gasteiger partial charge in [0.25, 0.3) is 5.91 Å². The summed E-state index contributed by atoms with van der Waals surface area (Å²) in [5, 5.41) is 7.78. The van der Waals surface area contributed by atoms with Gasteiger partial charge in [0.15, 0.2) is 0 Å². The first-order chi connectivity index (χ1) is 11.5. The van der Waals surface area contributed by atoms with E-state index in [9.17, 15) is 9.59 Å². The van der Waals surface area contributed by atoms with E-state index in [1.54, 1.807) is 24.5 Å². The number of imide groups is 1. The maximum Gasteiger partial charge on any atom is 0.346 e. The zero-order valence-corrected chi connectivity index (χ0v) is 14.5. The lowest BCUT2D eigenvalue weighted by Crippen LogP contribution is -2.44. The number of aryl methyl sites for hydroxylation is 2. The fraction of sp³-hybridized carbons (Fsp3) is 0.278. The minimum Gasteiger partial charge on any atom is -0.322 e. The van der Waals surface area contributed by atoms with Gasteiger partial charge in [-0.05, 0) is 44.4 Å². The topological polar surface area (TPSA) is 61.8 Å². The molecular weight excluding hydrogens is 322 g/mol. The van der Waals surface area contributed by atoms with E-state index in [0.29, 0.717) is 12.8 Å². The SMILES string of the molecule is Cc1ccc(/C=N\N2C(=O)N[C@](C)(CCc3ccccc3)C2=O)s1. The van der Waals surface area contributed by atoms with Crippen molar-refractivity contribution in [3.8, 4) is 0 Å². The monoisotopic (exact) mass is 341 g/mol. The number of hydrogen-bond donors (Lipinski definition) is 1. The second kappa shape index (κ2) is 6.57. The standard InChI is InChI=1S/C18H19N3O2S/c1-13-8-9-15(24-13)12-19-21-16(22)18(2,20-17(21)23)11-10-14-6-4-3-5-7-14/h3-9,12H,10-11H2,1-2H3,(H,20,23)/b19-12-/t18-/m1/s1. The van der Waals surface area contributed by atoms with E-state index >= 15 is 0 Å². The zero-order valence-electron chi connectivity index (χ0n) is 13.7. The number of rotatable bonds is 5. The Hall–Kier alpha value is -2.47. The molecular formula is C18H19N3O2S. The molecule has 1 N–H and O–H groups in total. The molecule has 24 heavy (non-hydrogen) atoms. The van der Waals surface area contributed by atoms with Crippen LogP contribution in [0, 0.1) is 6.92 Å². The summed E-state index contributed by atoms with van der Waals surface area (Å²) < 4.78 is 0. The molecule has 1 aromatic carbocycles. The number of urea groups is 1. The smallest absolute Gasteiger partial charge is 0.322 e. The Kier molecular flexibility index (Phi) is 4.49. The average molecular weight is 341 g/mol. The van der Waals surface area contributed by atoms with Gasteiger partial charge >= 0.3 is 6.03 Å². The minimum absolute atomic E-state index is 0.312. The number of carbonyl (C=O) groups is 2. The zero-order chi connectivity index (χ0) is 17.2. The third kappa shape index (κ3) is 3.38. The third-order valence-electron chi connectivity index (χ3n) is 4.06. The molecule has 0 spiro atoms. The number of nitrogens with zero attached hydrogens (tertiary/aromatic N) is 2. The first-order valence-corrected chi connectivity index (χ1v) is 8.61. The molecule has 1 atom stereocenters. The van der Waals surface area contributed by atoms with E-state index in [-0.39, 0.29) is 5.91 Å². The molecule has 1 aliphatic rings. The van der Waals surface area contributed by atoms with Crippen LogP contribution in [-0.4, -0.2) is 28.7 Å². The second-order valence-corrected chi connectivity index (χ2v) is 7.38. The summed E-state index contributed by atoms with van der Waals surface area (Å²) >= 11 is 1.56. The highest BCUT2D eigenvalue weighted by Gasteiger charge is 2.47. The van der Waals surface area contributed by atoms with Gasteiger partial charge in [0.2, 0.25) is 0 Å². The summed E-state index contributed by atoms with van der Waals surface area (Å²) in [7, 11) is 0. The number of thiophene rings is 1. The van der Waals surface area contributed by atoms with Crippen molar-refractivity contribution >= 4 is 29.5 Å². The lowest BCUT2D eigenvalue weighted by atomic mass is 9.93. The quantitative estimate of drug-likeness (QED) is 0.670. The van der Waals surface area contributed by atoms with Crippen molar-refractivity contribution in [1.82, 2.24) is 10.3 Å². The van der Waals surface area contributed by atoms with E-state index in [1.807, 2.05) is 49.4 Å². The predicted octanol–water partition coefficient (Wildman–Crippen LogP) is 3.33. The first-order valence-electron chi connectivity index (χ1n) is 7.79. The summed E-state index contributed by atoms with van der Waals surface area (Å²) in [5.41, 5.74) is 0.215. The van der Waals surface area contributed by atoms with Crippen LogP contribution in [0.2, 0.25) is 0 Å². The van der Waals surface area contributed by atoms with Crippen LogP contribution in [0.4, 0.5) is 4.79 Å². The summed E-state index contributed by atoms with van der Waals surface area (Å²) in [4.78, 5) is 26.8. The molecule has 6 heteroatoms. The summed E-state index contributed by atoms with van der Waals surface area (Å²) in [6.45, 7) is 3.75. The van der Waals surface area contributed by atoms with E-state index < -0.39 is 11.6 Å². The van der Waals surface area contributed by atoms with Crippen LogP contribution in [0.25, 0.3) is 0 Å². The maximum atomic E-state index is 12.6. The van der Waals surface area contributed by atoms with E-state index in [0.717, 1.165) is 20.3 Å². The molecule has 0 unspecified atom stereocenters. The van der Waals surface area contributed by atoms with Crippen LogP contribution >= 0.6 is 11.3 Å². The van der Waals surface area contributed by atoms with Crippen LogP contribution < -0.4 is 5.32 Å². The molecule has 2 heterocycles. The Morgan fingerprint density at radius 2 is 1.96 bits per heavy atom. The average Bonchev–Trinajstić information content (AvgIpc) is 3.07. The molecule has 1 fully saturated rings. The molecule has 0 aliphatic carbocycles. The molecule has 1 saturated heterocycles. The summed E-state index contributed by atoms with van der Waals surface area (Å²) in [6, 6.07) is 13.3. The Balaban J connectivity index is 1.69. The Bertz CT molecular complexity index is 785. The lowest BCUT2D eigenvalue weighted by molar-refractivity contribution is -0.130. The normalized spacial score (nSPS) is 20.8. The van der Waals surface area contributed by atoms with Gasteiger partial charge in [0.1, 0.15) is 5.54 Å². The van der Waals surface area contributed by atoms with Crippen molar-refractivity contribution in [2.24, 2.45) is 5.10 Å². The molecule has 124 valence electrons. The molecule has 5 nitrogen and oxygen atoms in total. The van der Waals surface area contributed by atoms with Gasteiger partial charge in [-0.2, -0.15) is 5.10 Å². The van der Waals surface area contributed by atoms with Crippen LogP contribution in [0.5, 0.6) is 0 Å². The first kappa shape index (κ1) is 16.4. The van der Waals surface area contributed by atoms with Crippen LogP contribution in [0.1, 0.15) is 28.7 Å². The van der Waals surface area contributed by atoms with E-state index in [1.165, 1.54) is 0 Å². The van der Waals surface area contributed by atoms with E-state index in [4.69, 9.17) is 0 Å². The highest BCUT2D eigenvalue weighted by molar-refractivity contribution is 7.13. The van der Waals surface area contributed by atoms with Crippen LogP contribution in [0.15, 0.2) is 47.6 Å². The number of carbonyl (C=O) groups excluding carboxylic acids is 2. The minimum atomic E-state index is -0.921. The van der Waals surface area contributed by atoms with Crippen molar-refractivity contribution in [3.05, 3.63) is 57.8 Å². The molecule has 0 radical (unpaired) electrons. The highest BCUT2D eigenvalue weighted by atomic mass is 32.1. The van der Waals surface area contributed by atoms with Crippen molar-refractivity contribution in [2.45, 2.75) is 32.2 Å². The second-order valence-electron chi connectivity index (χ2n) is 6.06. The molecule has 3 rings (SSSR count). The molecule has 0 bridgehead atoms. The maximum absolute atomic E-state index is 12.6. The largest absolute Gasteiger partial charge is 0.346 e. The third-order valence-corrected chi connectivity index (χ3v) is 4.99. The van der Waals surface area contributed by atoms with Gasteiger partial charge in [0, 0.05) is 9.75 Å². The van der Waals surface area contributed by atoms with Crippen molar-refractivity contribution in [1.29, 1.82) is 0 Å². The summed E-state index contributed by atoms with van der Waals surface area (Å²) in [5.74, 6) is -0.312. The van der Waals surface area contributed by atoms with Crippen molar-refractivity contribution < 1.29 is 9.59 Å². The molecule has 0 saturated carbocycles. The highest BCUT2D eigenvalue weighted by Crippen LogP contribution is 2.24. The lowest BCUT2D eigenvalue weighted by Gasteiger charge is -2.20.